The first-order valence-electron chi connectivity index (χ1n) is 5.23. The number of hydrogen-bond donors (Lipinski definition) is 0. The summed E-state index contributed by atoms with van der Waals surface area (Å²) in [6, 6.07) is 0. The summed E-state index contributed by atoms with van der Waals surface area (Å²) < 4.78 is 0. The van der Waals surface area contributed by atoms with Crippen molar-refractivity contribution < 1.29 is 0 Å². The molecule has 0 N–H and O–H groups in total. The molecular formula is C11H24S. The first-order chi connectivity index (χ1) is 5.61. The van der Waals surface area contributed by atoms with Crippen LogP contribution in [0.4, 0.5) is 0 Å². The number of hydrogen-bond acceptors (Lipinski definition) is 1. The second-order valence-corrected chi connectivity index (χ2v) is 5.31. The van der Waals surface area contributed by atoms with Gasteiger partial charge in [0, 0.05) is 5.25 Å². The van der Waals surface area contributed by atoms with Crippen molar-refractivity contribution >= 4 is 11.8 Å². The predicted octanol–water partition coefficient (Wildman–Crippen LogP) is 4.20. The fourth-order valence-corrected chi connectivity index (χ4v) is 2.62. The average molecular weight is 188 g/mol. The second kappa shape index (κ2) is 6.82. The predicted molar refractivity (Wildman–Crippen MR) is 60.8 cm³/mol. The molecule has 12 heavy (non-hydrogen) atoms. The van der Waals surface area contributed by atoms with Crippen LogP contribution in [-0.4, -0.2) is 11.0 Å². The molecule has 0 aromatic heterocycles. The summed E-state index contributed by atoms with van der Waals surface area (Å²) in [7, 11) is 0. The largest absolute Gasteiger partial charge is 0.158 e. The zero-order chi connectivity index (χ0) is 9.56. The molecule has 1 heteroatoms. The van der Waals surface area contributed by atoms with Gasteiger partial charge in [0.25, 0.3) is 0 Å². The van der Waals surface area contributed by atoms with Gasteiger partial charge in [0.05, 0.1) is 0 Å². The molecular weight excluding hydrogens is 164 g/mol. The molecule has 2 unspecified atom stereocenters. The van der Waals surface area contributed by atoms with Crippen molar-refractivity contribution in [2.75, 3.05) is 5.75 Å². The summed E-state index contributed by atoms with van der Waals surface area (Å²) in [5.41, 5.74) is 0. The Bertz CT molecular complexity index is 99.2. The van der Waals surface area contributed by atoms with Gasteiger partial charge in [-0.05, 0) is 24.0 Å². The Morgan fingerprint density at radius 1 is 1.00 bits per heavy atom. The maximum atomic E-state index is 2.35. The lowest BCUT2D eigenvalue weighted by atomic mass is 10.1. The van der Waals surface area contributed by atoms with Gasteiger partial charge in [0.15, 0.2) is 0 Å². The second-order valence-electron chi connectivity index (χ2n) is 4.04. The van der Waals surface area contributed by atoms with Crippen LogP contribution in [0.2, 0.25) is 0 Å². The van der Waals surface area contributed by atoms with Crippen molar-refractivity contribution in [3.63, 3.8) is 0 Å². The molecule has 0 aliphatic rings. The van der Waals surface area contributed by atoms with E-state index in [1.54, 1.807) is 0 Å². The molecule has 0 radical (unpaired) electrons. The van der Waals surface area contributed by atoms with E-state index >= 15 is 0 Å². The van der Waals surface area contributed by atoms with E-state index in [1.165, 1.54) is 18.6 Å². The highest BCUT2D eigenvalue weighted by molar-refractivity contribution is 7.99. The van der Waals surface area contributed by atoms with Gasteiger partial charge in [-0.25, -0.2) is 0 Å². The molecule has 0 aromatic carbocycles. The lowest BCUT2D eigenvalue weighted by Crippen LogP contribution is -2.12. The van der Waals surface area contributed by atoms with Gasteiger partial charge >= 0.3 is 0 Å². The molecule has 0 bridgehead atoms. The minimum atomic E-state index is 0.837. The normalized spacial score (nSPS) is 16.5. The van der Waals surface area contributed by atoms with Gasteiger partial charge in [-0.3, -0.25) is 0 Å². The van der Waals surface area contributed by atoms with Crippen LogP contribution in [0.5, 0.6) is 0 Å². The third-order valence-corrected chi connectivity index (χ3v) is 4.50. The first-order valence-corrected chi connectivity index (χ1v) is 6.28. The summed E-state index contributed by atoms with van der Waals surface area (Å²) in [5, 5.41) is 0.874. The summed E-state index contributed by atoms with van der Waals surface area (Å²) in [5.74, 6) is 3.07. The van der Waals surface area contributed by atoms with Crippen LogP contribution < -0.4 is 0 Å². The minimum Gasteiger partial charge on any atom is -0.158 e. The maximum Gasteiger partial charge on any atom is 0.00675 e. The van der Waals surface area contributed by atoms with E-state index in [1.807, 2.05) is 0 Å². The van der Waals surface area contributed by atoms with Gasteiger partial charge in [-0.2, -0.15) is 11.8 Å². The lowest BCUT2D eigenvalue weighted by molar-refractivity contribution is 0.585. The van der Waals surface area contributed by atoms with Crippen LogP contribution in [0.25, 0.3) is 0 Å². The summed E-state index contributed by atoms with van der Waals surface area (Å²) in [6.45, 7) is 11.6. The molecule has 0 fully saturated rings. The molecule has 2 atom stereocenters. The Kier molecular flexibility index (Phi) is 7.02. The molecule has 0 spiro atoms. The molecule has 0 saturated carbocycles. The van der Waals surface area contributed by atoms with Crippen LogP contribution in [0.3, 0.4) is 0 Å². The summed E-state index contributed by atoms with van der Waals surface area (Å²) in [4.78, 5) is 0. The van der Waals surface area contributed by atoms with Crippen LogP contribution >= 0.6 is 11.8 Å². The van der Waals surface area contributed by atoms with Crippen LogP contribution in [0, 0.1) is 11.8 Å². The number of rotatable bonds is 6. The monoisotopic (exact) mass is 188 g/mol. The Morgan fingerprint density at radius 3 is 1.92 bits per heavy atom. The summed E-state index contributed by atoms with van der Waals surface area (Å²) in [6.07, 6.45) is 2.64. The molecule has 0 rings (SSSR count). The van der Waals surface area contributed by atoms with E-state index in [4.69, 9.17) is 0 Å². The molecule has 74 valence electrons. The average Bonchev–Trinajstić information content (AvgIpc) is 2.04. The molecule has 0 nitrogen and oxygen atoms in total. The van der Waals surface area contributed by atoms with Gasteiger partial charge in [0.2, 0.25) is 0 Å². The molecule has 0 aliphatic heterocycles. The topological polar surface area (TPSA) is 0 Å². The fourth-order valence-electron chi connectivity index (χ4n) is 1.19. The molecule has 0 heterocycles. The van der Waals surface area contributed by atoms with Crippen molar-refractivity contribution in [3.05, 3.63) is 0 Å². The SMILES string of the molecule is CCC(C)CSC(CC)C(C)C. The maximum absolute atomic E-state index is 2.35. The van der Waals surface area contributed by atoms with E-state index in [2.05, 4.69) is 46.4 Å². The number of thioether (sulfide) groups is 1. The van der Waals surface area contributed by atoms with E-state index in [9.17, 15) is 0 Å². The molecule has 0 aromatic rings. The van der Waals surface area contributed by atoms with Crippen molar-refractivity contribution in [3.8, 4) is 0 Å². The smallest absolute Gasteiger partial charge is 0.00675 e. The van der Waals surface area contributed by atoms with E-state index in [-0.39, 0.29) is 0 Å². The molecule has 0 saturated heterocycles. The fraction of sp³-hybridized carbons (Fsp3) is 1.00. The van der Waals surface area contributed by atoms with Gasteiger partial charge in [-0.15, -0.1) is 0 Å². The van der Waals surface area contributed by atoms with Crippen LogP contribution in [-0.2, 0) is 0 Å². The van der Waals surface area contributed by atoms with Crippen molar-refractivity contribution in [1.29, 1.82) is 0 Å². The lowest BCUT2D eigenvalue weighted by Gasteiger charge is -2.20. The Hall–Kier alpha value is 0.350. The van der Waals surface area contributed by atoms with Crippen molar-refractivity contribution in [2.45, 2.75) is 52.7 Å². The third kappa shape index (κ3) is 5.08. The standard InChI is InChI=1S/C11H24S/c1-6-10(5)8-12-11(7-2)9(3)4/h9-11H,6-8H2,1-5H3. The molecule has 0 aliphatic carbocycles. The van der Waals surface area contributed by atoms with E-state index in [0.717, 1.165) is 17.1 Å². The van der Waals surface area contributed by atoms with Gasteiger partial charge in [-0.1, -0.05) is 41.0 Å². The molecule has 0 amide bonds. The zero-order valence-corrected chi connectivity index (χ0v) is 10.1. The van der Waals surface area contributed by atoms with Crippen molar-refractivity contribution in [1.82, 2.24) is 0 Å². The van der Waals surface area contributed by atoms with E-state index < -0.39 is 0 Å². The highest BCUT2D eigenvalue weighted by atomic mass is 32.2. The van der Waals surface area contributed by atoms with Gasteiger partial charge < -0.3 is 0 Å². The quantitative estimate of drug-likeness (QED) is 0.602. The van der Waals surface area contributed by atoms with Crippen molar-refractivity contribution in [2.24, 2.45) is 11.8 Å². The van der Waals surface area contributed by atoms with Crippen LogP contribution in [0.1, 0.15) is 47.5 Å². The minimum absolute atomic E-state index is 0.837. The highest BCUT2D eigenvalue weighted by Gasteiger charge is 2.12. The Morgan fingerprint density at radius 2 is 1.58 bits per heavy atom. The van der Waals surface area contributed by atoms with Crippen LogP contribution in [0.15, 0.2) is 0 Å². The van der Waals surface area contributed by atoms with Gasteiger partial charge in [0.1, 0.15) is 0 Å². The first kappa shape index (κ1) is 12.3. The summed E-state index contributed by atoms with van der Waals surface area (Å²) >= 11 is 2.16. The highest BCUT2D eigenvalue weighted by Crippen LogP contribution is 2.25. The van der Waals surface area contributed by atoms with E-state index in [0.29, 0.717) is 0 Å². The zero-order valence-electron chi connectivity index (χ0n) is 9.26. The Labute approximate surface area is 82.5 Å². The Balaban J connectivity index is 3.58. The third-order valence-electron chi connectivity index (χ3n) is 2.44.